The molecule has 10 heterocycles. The van der Waals surface area contributed by atoms with Crippen molar-refractivity contribution < 1.29 is 29.0 Å². The van der Waals surface area contributed by atoms with E-state index in [0.717, 1.165) is 88.2 Å². The molecule has 1 aromatic carbocycles. The lowest BCUT2D eigenvalue weighted by Crippen LogP contribution is -2.64. The van der Waals surface area contributed by atoms with Crippen molar-refractivity contribution in [1.29, 1.82) is 0 Å². The summed E-state index contributed by atoms with van der Waals surface area (Å²) in [6.45, 7) is 2.35. The van der Waals surface area contributed by atoms with E-state index in [0.29, 0.717) is 48.0 Å². The van der Waals surface area contributed by atoms with Gasteiger partial charge in [-0.3, -0.25) is 19.4 Å². The third kappa shape index (κ3) is 5.27. The molecule has 10 heteroatoms. The van der Waals surface area contributed by atoms with E-state index in [1.54, 1.807) is 6.20 Å². The number of fused-ring (bicyclic) bond motifs is 3. The second kappa shape index (κ2) is 11.5. The highest BCUT2D eigenvalue weighted by Gasteiger charge is 2.50. The molecule has 11 rings (SSSR count). The third-order valence-corrected chi connectivity index (χ3v) is 11.7. The number of aliphatic hydroxyl groups is 1. The van der Waals surface area contributed by atoms with Gasteiger partial charge in [0.05, 0.1) is 18.2 Å². The third-order valence-electron chi connectivity index (χ3n) is 11.7. The van der Waals surface area contributed by atoms with E-state index in [2.05, 4.69) is 20.1 Å². The summed E-state index contributed by atoms with van der Waals surface area (Å²) in [7, 11) is 0. The molecular formula is C34H44N4O6. The van der Waals surface area contributed by atoms with E-state index in [4.69, 9.17) is 9.47 Å². The zero-order chi connectivity index (χ0) is 29.9. The number of Topliss-reactive ketones (excluding diaryl/α,β-unsaturated/α-hetero) is 1. The van der Waals surface area contributed by atoms with Crippen LogP contribution in [0.25, 0.3) is 10.9 Å². The van der Waals surface area contributed by atoms with Crippen LogP contribution in [0.5, 0.6) is 0 Å². The Morgan fingerprint density at radius 3 is 2.20 bits per heavy atom. The standard InChI is InChI=1S/C19H22N2O3.C15H22N2O3/c22-18-10-21-12-5-11(18)6-13(21)8-14(7-12)24-19(23)16-9-20-17-4-2-1-3-15(16)17;18-14-8-17-10-4-9(14)5-11(17)7-12(6-10)20-15(19)13-2-1-3-16-13/h1-4,9,11-14,18,20,22H,5-8,10H2;9-13,16H,1-8H2. The first-order valence-corrected chi connectivity index (χ1v) is 16.8. The maximum atomic E-state index is 12.6. The second-order valence-corrected chi connectivity index (χ2v) is 14.3. The number of H-pyrrole nitrogens is 1. The number of piperidine rings is 8. The number of aromatic nitrogens is 1. The molecular weight excluding hydrogens is 560 g/mol. The van der Waals surface area contributed by atoms with Crippen molar-refractivity contribution >= 4 is 28.6 Å². The first kappa shape index (κ1) is 28.7. The molecule has 6 unspecified atom stereocenters. The molecule has 3 N–H and O–H groups in total. The van der Waals surface area contributed by atoms with E-state index < -0.39 is 0 Å². The fourth-order valence-electron chi connectivity index (χ4n) is 9.61. The summed E-state index contributed by atoms with van der Waals surface area (Å²) in [6, 6.07) is 9.56. The fraction of sp³-hybridized carbons (Fsp3) is 0.676. The van der Waals surface area contributed by atoms with Crippen LogP contribution in [0.4, 0.5) is 0 Å². The van der Waals surface area contributed by atoms with E-state index in [9.17, 15) is 19.5 Å². The highest BCUT2D eigenvalue weighted by atomic mass is 16.5. The lowest BCUT2D eigenvalue weighted by molar-refractivity contribution is -0.164. The number of para-hydroxylation sites is 1. The molecule has 9 aliphatic rings. The van der Waals surface area contributed by atoms with Gasteiger partial charge in [-0.15, -0.1) is 0 Å². The van der Waals surface area contributed by atoms with Crippen molar-refractivity contribution in [3.8, 4) is 0 Å². The van der Waals surface area contributed by atoms with Crippen LogP contribution in [0.3, 0.4) is 0 Å². The first-order chi connectivity index (χ1) is 21.4. The fourth-order valence-corrected chi connectivity index (χ4v) is 9.61. The molecule has 9 aliphatic heterocycles. The first-order valence-electron chi connectivity index (χ1n) is 16.8. The highest BCUT2D eigenvalue weighted by molar-refractivity contribution is 6.04. The highest BCUT2D eigenvalue weighted by Crippen LogP contribution is 2.44. The van der Waals surface area contributed by atoms with Gasteiger partial charge in [-0.2, -0.15) is 0 Å². The summed E-state index contributed by atoms with van der Waals surface area (Å²) in [5.74, 6) is 0.850. The average molecular weight is 605 g/mol. The van der Waals surface area contributed by atoms with Gasteiger partial charge in [0, 0.05) is 79.4 Å². The maximum absolute atomic E-state index is 12.6. The Balaban J connectivity index is 0.000000134. The number of aromatic amines is 1. The SMILES string of the molecule is O=C(OC1CC2CC3CC(C1)N2CC3O)c1c[nH]c2ccccc12.O=C1CN2C3CC(OC(=O)C4CCCN4)CC2CC1C3. The molecule has 8 bridgehead atoms. The Labute approximate surface area is 257 Å². The van der Waals surface area contributed by atoms with Gasteiger partial charge in [0.2, 0.25) is 0 Å². The Morgan fingerprint density at radius 1 is 0.864 bits per heavy atom. The predicted octanol–water partition coefficient (Wildman–Crippen LogP) is 2.79. The van der Waals surface area contributed by atoms with Crippen molar-refractivity contribution in [3.05, 3.63) is 36.0 Å². The van der Waals surface area contributed by atoms with Crippen LogP contribution in [0.1, 0.15) is 74.6 Å². The molecule has 0 saturated carbocycles. The molecule has 9 saturated heterocycles. The van der Waals surface area contributed by atoms with Crippen LogP contribution in [0.15, 0.2) is 30.5 Å². The average Bonchev–Trinajstić information content (AvgIpc) is 3.69. The van der Waals surface area contributed by atoms with E-state index in [1.807, 2.05) is 24.3 Å². The number of benzene rings is 1. The molecule has 44 heavy (non-hydrogen) atoms. The zero-order valence-corrected chi connectivity index (χ0v) is 25.2. The van der Waals surface area contributed by atoms with Gasteiger partial charge in [-0.05, 0) is 57.1 Å². The molecule has 0 aliphatic carbocycles. The van der Waals surface area contributed by atoms with Crippen molar-refractivity contribution in [2.24, 2.45) is 11.8 Å². The molecule has 1 aromatic heterocycles. The molecule has 236 valence electrons. The van der Waals surface area contributed by atoms with E-state index >= 15 is 0 Å². The summed E-state index contributed by atoms with van der Waals surface area (Å²) in [4.78, 5) is 44.4. The van der Waals surface area contributed by atoms with Gasteiger partial charge in [0.25, 0.3) is 0 Å². The Bertz CT molecular complexity index is 1390. The minimum Gasteiger partial charge on any atom is -0.461 e. The largest absolute Gasteiger partial charge is 0.461 e. The summed E-state index contributed by atoms with van der Waals surface area (Å²) >= 11 is 0. The molecule has 0 amide bonds. The minimum absolute atomic E-state index is 0.00592. The predicted molar refractivity (Wildman–Crippen MR) is 162 cm³/mol. The number of esters is 2. The number of carbonyl (C=O) groups excluding carboxylic acids is 3. The van der Waals surface area contributed by atoms with Crippen LogP contribution in [0, 0.1) is 11.8 Å². The normalized spacial score (nSPS) is 41.6. The van der Waals surface area contributed by atoms with Gasteiger partial charge in [-0.25, -0.2) is 4.79 Å². The number of hydrogen-bond acceptors (Lipinski definition) is 9. The van der Waals surface area contributed by atoms with Gasteiger partial charge >= 0.3 is 11.9 Å². The summed E-state index contributed by atoms with van der Waals surface area (Å²) < 4.78 is 11.6. The number of ether oxygens (including phenoxy) is 2. The van der Waals surface area contributed by atoms with Crippen LogP contribution in [-0.4, -0.2) is 106 Å². The van der Waals surface area contributed by atoms with E-state index in [1.165, 1.54) is 0 Å². The molecule has 2 aromatic rings. The van der Waals surface area contributed by atoms with Crippen LogP contribution in [0.2, 0.25) is 0 Å². The second-order valence-electron chi connectivity index (χ2n) is 14.3. The van der Waals surface area contributed by atoms with Gasteiger partial charge in [0.1, 0.15) is 24.0 Å². The van der Waals surface area contributed by atoms with Crippen molar-refractivity contribution in [3.63, 3.8) is 0 Å². The zero-order valence-electron chi connectivity index (χ0n) is 25.2. The Hall–Kier alpha value is -2.79. The van der Waals surface area contributed by atoms with Crippen LogP contribution >= 0.6 is 0 Å². The summed E-state index contributed by atoms with van der Waals surface area (Å²) in [5.41, 5.74) is 1.58. The smallest absolute Gasteiger partial charge is 0.340 e. The van der Waals surface area contributed by atoms with Crippen LogP contribution in [-0.2, 0) is 19.1 Å². The minimum atomic E-state index is -0.224. The number of rotatable bonds is 4. The summed E-state index contributed by atoms with van der Waals surface area (Å²) in [6.07, 6.45) is 11.3. The summed E-state index contributed by atoms with van der Waals surface area (Å²) in [5, 5.41) is 14.2. The lowest BCUT2D eigenvalue weighted by atomic mass is 9.71. The number of carbonyl (C=O) groups is 3. The van der Waals surface area contributed by atoms with Gasteiger partial charge in [0.15, 0.2) is 0 Å². The number of hydrogen-bond donors (Lipinski definition) is 3. The maximum Gasteiger partial charge on any atom is 0.340 e. The van der Waals surface area contributed by atoms with Crippen LogP contribution < -0.4 is 5.32 Å². The number of ketones is 1. The molecule has 10 nitrogen and oxygen atoms in total. The molecule has 9 fully saturated rings. The Kier molecular flexibility index (Phi) is 7.52. The van der Waals surface area contributed by atoms with Gasteiger partial charge < -0.3 is 24.9 Å². The van der Waals surface area contributed by atoms with Crippen molar-refractivity contribution in [1.82, 2.24) is 20.1 Å². The Morgan fingerprint density at radius 2 is 1.55 bits per heavy atom. The number of aliphatic hydroxyl groups excluding tert-OH is 1. The monoisotopic (exact) mass is 604 g/mol. The lowest BCUT2D eigenvalue weighted by Gasteiger charge is -2.56. The number of nitrogens with zero attached hydrogens (tertiary/aromatic N) is 2. The van der Waals surface area contributed by atoms with Crippen molar-refractivity contribution in [2.45, 2.75) is 113 Å². The van der Waals surface area contributed by atoms with Crippen molar-refractivity contribution in [2.75, 3.05) is 19.6 Å². The number of nitrogens with one attached hydrogen (secondary N) is 2. The van der Waals surface area contributed by atoms with E-state index in [-0.39, 0.29) is 42.2 Å². The van der Waals surface area contributed by atoms with Gasteiger partial charge in [-0.1, -0.05) is 18.2 Å². The quantitative estimate of drug-likeness (QED) is 0.452. The molecule has 6 atom stereocenters. The molecule has 0 radical (unpaired) electrons. The molecule has 0 spiro atoms. The topological polar surface area (TPSA) is 124 Å².